The van der Waals surface area contributed by atoms with Gasteiger partial charge in [-0.05, 0) is 36.4 Å². The first-order chi connectivity index (χ1) is 16.2. The van der Waals surface area contributed by atoms with Gasteiger partial charge in [-0.2, -0.15) is 4.98 Å². The number of benzene rings is 1. The molecular formula is C28H39FN2O2. The SMILES string of the molecule is CCCCCCCCOc1ccc2c(ncc3c(F)c(OCCCCCCCC)ccc32)n1. The average Bonchev–Trinajstić information content (AvgIpc) is 2.83. The molecule has 0 bridgehead atoms. The summed E-state index contributed by atoms with van der Waals surface area (Å²) in [6, 6.07) is 7.39. The fourth-order valence-electron chi connectivity index (χ4n) is 4.11. The molecule has 0 fully saturated rings. The Labute approximate surface area is 197 Å². The second kappa shape index (κ2) is 14.0. The highest BCUT2D eigenvalue weighted by Crippen LogP contribution is 2.31. The molecule has 0 N–H and O–H groups in total. The van der Waals surface area contributed by atoms with Gasteiger partial charge in [0.2, 0.25) is 5.88 Å². The lowest BCUT2D eigenvalue weighted by Gasteiger charge is -2.11. The van der Waals surface area contributed by atoms with Gasteiger partial charge in [0.25, 0.3) is 0 Å². The zero-order valence-electron chi connectivity index (χ0n) is 20.4. The Morgan fingerprint density at radius 2 is 1.27 bits per heavy atom. The van der Waals surface area contributed by atoms with E-state index in [1.807, 2.05) is 18.2 Å². The van der Waals surface area contributed by atoms with E-state index in [0.29, 0.717) is 35.9 Å². The third-order valence-corrected chi connectivity index (χ3v) is 6.10. The maximum absolute atomic E-state index is 15.1. The highest BCUT2D eigenvalue weighted by molar-refractivity contribution is 6.04. The maximum Gasteiger partial charge on any atom is 0.215 e. The molecule has 0 radical (unpaired) electrons. The third kappa shape index (κ3) is 7.55. The minimum Gasteiger partial charge on any atom is -0.490 e. The molecule has 0 aliphatic heterocycles. The first-order valence-corrected chi connectivity index (χ1v) is 12.9. The van der Waals surface area contributed by atoms with Crippen LogP contribution >= 0.6 is 0 Å². The van der Waals surface area contributed by atoms with Crippen molar-refractivity contribution in [1.29, 1.82) is 0 Å². The molecule has 4 nitrogen and oxygen atoms in total. The fraction of sp³-hybridized carbons (Fsp3) is 0.571. The number of hydrogen-bond donors (Lipinski definition) is 0. The van der Waals surface area contributed by atoms with Crippen molar-refractivity contribution in [1.82, 2.24) is 9.97 Å². The number of hydrogen-bond acceptors (Lipinski definition) is 4. The molecule has 0 saturated carbocycles. The van der Waals surface area contributed by atoms with E-state index in [1.54, 1.807) is 12.3 Å². The molecule has 1 aromatic carbocycles. The molecule has 3 rings (SSSR count). The molecule has 2 aromatic heterocycles. The molecule has 0 aliphatic carbocycles. The maximum atomic E-state index is 15.1. The van der Waals surface area contributed by atoms with E-state index < -0.39 is 0 Å². The predicted octanol–water partition coefficient (Wildman–Crippen LogP) is 8.40. The molecule has 0 saturated heterocycles. The Morgan fingerprint density at radius 3 is 1.97 bits per heavy atom. The number of fused-ring (bicyclic) bond motifs is 3. The van der Waals surface area contributed by atoms with Crippen LogP contribution in [-0.2, 0) is 0 Å². The van der Waals surface area contributed by atoms with Crippen LogP contribution in [0.1, 0.15) is 90.9 Å². The van der Waals surface area contributed by atoms with Crippen molar-refractivity contribution in [3.05, 3.63) is 36.3 Å². The van der Waals surface area contributed by atoms with Crippen molar-refractivity contribution in [3.8, 4) is 11.6 Å². The van der Waals surface area contributed by atoms with Crippen molar-refractivity contribution in [2.75, 3.05) is 13.2 Å². The standard InChI is InChI=1S/C28H39FN2O2/c1-3-5-7-9-11-13-19-32-25-17-15-22-23-16-18-26(33-20-14-12-10-8-6-4-2)31-28(23)30-21-24(22)27(25)29/h15-18,21H,3-14,19-20H2,1-2H3. The number of pyridine rings is 2. The zero-order chi connectivity index (χ0) is 23.3. The van der Waals surface area contributed by atoms with Gasteiger partial charge in [0, 0.05) is 23.0 Å². The van der Waals surface area contributed by atoms with Gasteiger partial charge in [-0.25, -0.2) is 9.37 Å². The van der Waals surface area contributed by atoms with Crippen LogP contribution in [0, 0.1) is 5.82 Å². The second-order valence-electron chi connectivity index (χ2n) is 8.85. The predicted molar refractivity (Wildman–Crippen MR) is 135 cm³/mol. The van der Waals surface area contributed by atoms with E-state index in [2.05, 4.69) is 23.8 Å². The largest absolute Gasteiger partial charge is 0.490 e. The summed E-state index contributed by atoms with van der Waals surface area (Å²) >= 11 is 0. The summed E-state index contributed by atoms with van der Waals surface area (Å²) in [6.07, 6.45) is 15.9. The van der Waals surface area contributed by atoms with Crippen LogP contribution in [-0.4, -0.2) is 23.2 Å². The fourth-order valence-corrected chi connectivity index (χ4v) is 4.11. The van der Waals surface area contributed by atoms with E-state index in [1.165, 1.54) is 57.8 Å². The van der Waals surface area contributed by atoms with E-state index in [-0.39, 0.29) is 5.82 Å². The van der Waals surface area contributed by atoms with Crippen molar-refractivity contribution >= 4 is 21.8 Å². The van der Waals surface area contributed by atoms with Gasteiger partial charge in [0.05, 0.1) is 13.2 Å². The molecule has 33 heavy (non-hydrogen) atoms. The first-order valence-electron chi connectivity index (χ1n) is 12.9. The van der Waals surface area contributed by atoms with Crippen LogP contribution in [0.15, 0.2) is 30.5 Å². The molecule has 180 valence electrons. The average molecular weight is 455 g/mol. The summed E-state index contributed by atoms with van der Waals surface area (Å²) in [7, 11) is 0. The molecule has 0 aliphatic rings. The molecule has 0 amide bonds. The van der Waals surface area contributed by atoms with Gasteiger partial charge in [-0.15, -0.1) is 0 Å². The lowest BCUT2D eigenvalue weighted by atomic mass is 10.1. The summed E-state index contributed by atoms with van der Waals surface area (Å²) in [5, 5.41) is 2.07. The smallest absolute Gasteiger partial charge is 0.215 e. The number of halogens is 1. The molecule has 0 unspecified atom stereocenters. The number of nitrogens with zero attached hydrogens (tertiary/aromatic N) is 2. The second-order valence-corrected chi connectivity index (χ2v) is 8.85. The lowest BCUT2D eigenvalue weighted by molar-refractivity contribution is 0.291. The van der Waals surface area contributed by atoms with Gasteiger partial charge in [0.15, 0.2) is 17.2 Å². The molecular weight excluding hydrogens is 415 g/mol. The molecule has 5 heteroatoms. The van der Waals surface area contributed by atoms with Crippen molar-refractivity contribution in [2.24, 2.45) is 0 Å². The summed E-state index contributed by atoms with van der Waals surface area (Å²) < 4.78 is 26.6. The number of ether oxygens (including phenoxy) is 2. The Hall–Kier alpha value is -2.43. The van der Waals surface area contributed by atoms with Crippen LogP contribution < -0.4 is 9.47 Å². The Bertz CT molecular complexity index is 992. The Kier molecular flexibility index (Phi) is 10.7. The highest BCUT2D eigenvalue weighted by atomic mass is 19.1. The molecule has 3 aromatic rings. The van der Waals surface area contributed by atoms with E-state index in [0.717, 1.165) is 30.0 Å². The number of unbranched alkanes of at least 4 members (excludes halogenated alkanes) is 10. The highest BCUT2D eigenvalue weighted by Gasteiger charge is 2.13. The molecule has 0 atom stereocenters. The molecule has 0 spiro atoms. The summed E-state index contributed by atoms with van der Waals surface area (Å²) in [4.78, 5) is 8.93. The topological polar surface area (TPSA) is 44.2 Å². The summed E-state index contributed by atoms with van der Waals surface area (Å²) in [5.74, 6) is 0.516. The van der Waals surface area contributed by atoms with Crippen molar-refractivity contribution in [2.45, 2.75) is 90.9 Å². The quantitative estimate of drug-likeness (QED) is 0.161. The van der Waals surface area contributed by atoms with Gasteiger partial charge in [0.1, 0.15) is 0 Å². The van der Waals surface area contributed by atoms with Crippen LogP contribution in [0.4, 0.5) is 4.39 Å². The minimum absolute atomic E-state index is 0.295. The van der Waals surface area contributed by atoms with Gasteiger partial charge < -0.3 is 9.47 Å². The van der Waals surface area contributed by atoms with Gasteiger partial charge >= 0.3 is 0 Å². The molecule has 2 heterocycles. The van der Waals surface area contributed by atoms with Gasteiger partial charge in [-0.3, -0.25) is 0 Å². The van der Waals surface area contributed by atoms with Crippen molar-refractivity contribution < 1.29 is 13.9 Å². The van der Waals surface area contributed by atoms with Crippen LogP contribution in [0.5, 0.6) is 11.6 Å². The van der Waals surface area contributed by atoms with Crippen LogP contribution in [0.25, 0.3) is 21.8 Å². The monoisotopic (exact) mass is 454 g/mol. The summed E-state index contributed by atoms with van der Waals surface area (Å²) in [6.45, 7) is 5.64. The van der Waals surface area contributed by atoms with Gasteiger partial charge in [-0.1, -0.05) is 78.1 Å². The number of aromatic nitrogens is 2. The Balaban J connectivity index is 1.57. The van der Waals surface area contributed by atoms with E-state index in [9.17, 15) is 0 Å². The van der Waals surface area contributed by atoms with E-state index in [4.69, 9.17) is 9.47 Å². The normalized spacial score (nSPS) is 11.4. The lowest BCUT2D eigenvalue weighted by Crippen LogP contribution is -2.01. The minimum atomic E-state index is -0.351. The first kappa shape index (κ1) is 25.2. The van der Waals surface area contributed by atoms with Crippen LogP contribution in [0.2, 0.25) is 0 Å². The Morgan fingerprint density at radius 1 is 0.667 bits per heavy atom. The van der Waals surface area contributed by atoms with Crippen molar-refractivity contribution in [3.63, 3.8) is 0 Å². The van der Waals surface area contributed by atoms with Crippen LogP contribution in [0.3, 0.4) is 0 Å². The van der Waals surface area contributed by atoms with E-state index >= 15 is 4.39 Å². The third-order valence-electron chi connectivity index (χ3n) is 6.10. The zero-order valence-corrected chi connectivity index (χ0v) is 20.4. The number of rotatable bonds is 16. The summed E-state index contributed by atoms with van der Waals surface area (Å²) in [5.41, 5.74) is 0.572.